The summed E-state index contributed by atoms with van der Waals surface area (Å²) < 4.78 is 11.6. The Bertz CT molecular complexity index is 806. The lowest BCUT2D eigenvalue weighted by Gasteiger charge is -2.36. The van der Waals surface area contributed by atoms with Gasteiger partial charge in [-0.1, -0.05) is 49.4 Å². The van der Waals surface area contributed by atoms with E-state index >= 15 is 0 Å². The van der Waals surface area contributed by atoms with E-state index in [2.05, 4.69) is 65.5 Å². The zero-order valence-corrected chi connectivity index (χ0v) is 17.3. The first-order chi connectivity index (χ1) is 13.6. The van der Waals surface area contributed by atoms with Gasteiger partial charge in [-0.25, -0.2) is 0 Å². The summed E-state index contributed by atoms with van der Waals surface area (Å²) in [5.74, 6) is 2.16. The minimum absolute atomic E-state index is 0.0696. The highest BCUT2D eigenvalue weighted by atomic mass is 16.5. The van der Waals surface area contributed by atoms with Crippen molar-refractivity contribution in [2.45, 2.75) is 25.9 Å². The van der Waals surface area contributed by atoms with Crippen LogP contribution in [0, 0.1) is 6.92 Å². The number of ether oxygens (including phenoxy) is 2. The average molecular weight is 382 g/mol. The number of aryl methyl sites for hydroxylation is 1. The molecule has 5 nitrogen and oxygen atoms in total. The monoisotopic (exact) mass is 381 g/mol. The van der Waals surface area contributed by atoms with Gasteiger partial charge in [0.15, 0.2) is 5.96 Å². The van der Waals surface area contributed by atoms with E-state index in [9.17, 15) is 0 Å². The molecule has 0 amide bonds. The summed E-state index contributed by atoms with van der Waals surface area (Å²) in [5.41, 5.74) is 3.72. The van der Waals surface area contributed by atoms with Crippen molar-refractivity contribution < 1.29 is 9.47 Å². The maximum Gasteiger partial charge on any atom is 0.193 e. The molecule has 2 atom stereocenters. The fourth-order valence-electron chi connectivity index (χ4n) is 3.74. The molecule has 0 radical (unpaired) electrons. The van der Waals surface area contributed by atoms with Crippen LogP contribution in [0.4, 0.5) is 0 Å². The Labute approximate surface area is 168 Å². The van der Waals surface area contributed by atoms with Crippen molar-refractivity contribution in [2.75, 3.05) is 40.4 Å². The Morgan fingerprint density at radius 1 is 1.25 bits per heavy atom. The number of rotatable bonds is 5. The highest BCUT2D eigenvalue weighted by Gasteiger charge is 2.25. The minimum Gasteiger partial charge on any atom is -0.496 e. The summed E-state index contributed by atoms with van der Waals surface area (Å²) >= 11 is 0. The molecule has 2 aromatic carbocycles. The van der Waals surface area contributed by atoms with E-state index in [-0.39, 0.29) is 6.10 Å². The summed E-state index contributed by atoms with van der Waals surface area (Å²) in [7, 11) is 3.56. The molecule has 150 valence electrons. The quantitative estimate of drug-likeness (QED) is 0.633. The Kier molecular flexibility index (Phi) is 6.93. The molecule has 1 N–H and O–H groups in total. The van der Waals surface area contributed by atoms with Crippen LogP contribution in [0.3, 0.4) is 0 Å². The van der Waals surface area contributed by atoms with Crippen molar-refractivity contribution in [1.29, 1.82) is 0 Å². The Morgan fingerprint density at radius 2 is 2.00 bits per heavy atom. The molecule has 0 aliphatic carbocycles. The lowest BCUT2D eigenvalue weighted by molar-refractivity contribution is -0.00832. The molecule has 2 unspecified atom stereocenters. The largest absolute Gasteiger partial charge is 0.496 e. The van der Waals surface area contributed by atoms with Crippen LogP contribution in [0.1, 0.15) is 35.6 Å². The van der Waals surface area contributed by atoms with Crippen LogP contribution in [0.15, 0.2) is 53.5 Å². The fraction of sp³-hybridized carbons (Fsp3) is 0.435. The third-order valence-corrected chi connectivity index (χ3v) is 5.35. The normalized spacial score (nSPS) is 18.6. The summed E-state index contributed by atoms with van der Waals surface area (Å²) in [6.07, 6.45) is 0.0696. The van der Waals surface area contributed by atoms with Crippen LogP contribution in [0.2, 0.25) is 0 Å². The molecule has 0 spiro atoms. The van der Waals surface area contributed by atoms with Crippen molar-refractivity contribution in [3.05, 3.63) is 65.2 Å². The van der Waals surface area contributed by atoms with Crippen LogP contribution in [0.25, 0.3) is 0 Å². The molecule has 1 aliphatic heterocycles. The molecule has 28 heavy (non-hydrogen) atoms. The third kappa shape index (κ3) is 4.65. The number of hydrogen-bond donors (Lipinski definition) is 1. The third-order valence-electron chi connectivity index (χ3n) is 5.35. The molecule has 1 heterocycles. The van der Waals surface area contributed by atoms with Gasteiger partial charge in [0.25, 0.3) is 0 Å². The van der Waals surface area contributed by atoms with E-state index in [1.807, 2.05) is 19.2 Å². The summed E-state index contributed by atoms with van der Waals surface area (Å²) in [6.45, 7) is 7.47. The Morgan fingerprint density at radius 3 is 2.75 bits per heavy atom. The molecule has 0 saturated carbocycles. The predicted octanol–water partition coefficient (Wildman–Crippen LogP) is 3.76. The van der Waals surface area contributed by atoms with E-state index in [1.54, 1.807) is 7.11 Å². The van der Waals surface area contributed by atoms with Crippen molar-refractivity contribution >= 4 is 5.96 Å². The number of aliphatic imine (C=N–C) groups is 1. The number of para-hydroxylation sites is 1. The molecular formula is C23H31N3O2. The molecule has 0 aromatic heterocycles. The summed E-state index contributed by atoms with van der Waals surface area (Å²) in [6, 6.07) is 16.6. The highest BCUT2D eigenvalue weighted by molar-refractivity contribution is 5.80. The lowest BCUT2D eigenvalue weighted by Crippen LogP contribution is -2.48. The van der Waals surface area contributed by atoms with E-state index in [1.165, 1.54) is 16.7 Å². The van der Waals surface area contributed by atoms with Gasteiger partial charge in [-0.2, -0.15) is 0 Å². The maximum absolute atomic E-state index is 6.05. The van der Waals surface area contributed by atoms with Gasteiger partial charge < -0.3 is 19.7 Å². The zero-order valence-electron chi connectivity index (χ0n) is 17.3. The molecule has 1 saturated heterocycles. The number of methoxy groups -OCH3 is 1. The lowest BCUT2D eigenvalue weighted by atomic mass is 10.00. The standard InChI is InChI=1S/C23H31N3O2/c1-17-9-5-6-10-19(17)22-16-26(13-14-28-22)23(24-3)25-15-18(2)20-11-7-8-12-21(20)27-4/h5-12,18,22H,13-16H2,1-4H3,(H,24,25). The summed E-state index contributed by atoms with van der Waals surface area (Å²) in [4.78, 5) is 6.80. The van der Waals surface area contributed by atoms with Crippen molar-refractivity contribution in [2.24, 2.45) is 4.99 Å². The zero-order chi connectivity index (χ0) is 19.9. The van der Waals surface area contributed by atoms with Crippen LogP contribution >= 0.6 is 0 Å². The first-order valence-electron chi connectivity index (χ1n) is 9.89. The van der Waals surface area contributed by atoms with E-state index in [4.69, 9.17) is 9.47 Å². The van der Waals surface area contributed by atoms with Crippen molar-refractivity contribution in [3.63, 3.8) is 0 Å². The van der Waals surface area contributed by atoms with Crippen LogP contribution in [0.5, 0.6) is 5.75 Å². The van der Waals surface area contributed by atoms with Crippen LogP contribution < -0.4 is 10.1 Å². The average Bonchev–Trinajstić information content (AvgIpc) is 2.74. The molecule has 2 aromatic rings. The highest BCUT2D eigenvalue weighted by Crippen LogP contribution is 2.27. The minimum atomic E-state index is 0.0696. The van der Waals surface area contributed by atoms with Crippen molar-refractivity contribution in [1.82, 2.24) is 10.2 Å². The van der Waals surface area contributed by atoms with Gasteiger partial charge in [0.2, 0.25) is 0 Å². The van der Waals surface area contributed by atoms with Gasteiger partial charge in [-0.05, 0) is 29.7 Å². The second kappa shape index (κ2) is 9.60. The van der Waals surface area contributed by atoms with E-state index in [0.29, 0.717) is 12.5 Å². The molecule has 1 fully saturated rings. The van der Waals surface area contributed by atoms with Gasteiger partial charge in [-0.3, -0.25) is 4.99 Å². The van der Waals surface area contributed by atoms with Gasteiger partial charge >= 0.3 is 0 Å². The topological polar surface area (TPSA) is 46.1 Å². The molecule has 5 heteroatoms. The smallest absolute Gasteiger partial charge is 0.193 e. The van der Waals surface area contributed by atoms with Gasteiger partial charge in [0.05, 0.1) is 20.3 Å². The van der Waals surface area contributed by atoms with Crippen LogP contribution in [-0.2, 0) is 4.74 Å². The molecule has 3 rings (SSSR count). The number of guanidine groups is 1. The van der Waals surface area contributed by atoms with Gasteiger partial charge in [0, 0.05) is 26.1 Å². The first-order valence-corrected chi connectivity index (χ1v) is 9.89. The second-order valence-electron chi connectivity index (χ2n) is 7.23. The predicted molar refractivity (Wildman–Crippen MR) is 114 cm³/mol. The number of hydrogen-bond acceptors (Lipinski definition) is 3. The fourth-order valence-corrected chi connectivity index (χ4v) is 3.74. The maximum atomic E-state index is 6.05. The van der Waals surface area contributed by atoms with Crippen molar-refractivity contribution in [3.8, 4) is 5.75 Å². The molecular weight excluding hydrogens is 350 g/mol. The Balaban J connectivity index is 1.64. The number of benzene rings is 2. The van der Waals surface area contributed by atoms with E-state index < -0.39 is 0 Å². The Hall–Kier alpha value is -2.53. The molecule has 0 bridgehead atoms. The number of morpholine rings is 1. The second-order valence-corrected chi connectivity index (χ2v) is 7.23. The molecule has 1 aliphatic rings. The summed E-state index contributed by atoms with van der Waals surface area (Å²) in [5, 5.41) is 3.54. The number of nitrogens with one attached hydrogen (secondary N) is 1. The number of nitrogens with zero attached hydrogens (tertiary/aromatic N) is 2. The van der Waals surface area contributed by atoms with Gasteiger partial charge in [-0.15, -0.1) is 0 Å². The van der Waals surface area contributed by atoms with E-state index in [0.717, 1.165) is 31.3 Å². The first kappa shape index (κ1) is 20.2. The van der Waals surface area contributed by atoms with Crippen LogP contribution in [-0.4, -0.2) is 51.3 Å². The van der Waals surface area contributed by atoms with Gasteiger partial charge in [0.1, 0.15) is 11.9 Å². The SMILES string of the molecule is CN=C(NCC(C)c1ccccc1OC)N1CCOC(c2ccccc2C)C1.